The largest absolute Gasteiger partial charge is 0.363 e. The summed E-state index contributed by atoms with van der Waals surface area (Å²) in [5.74, 6) is 0.763. The minimum Gasteiger partial charge on any atom is -0.363 e. The second-order valence-electron chi connectivity index (χ2n) is 3.72. The molecule has 3 aromatic rings. The summed E-state index contributed by atoms with van der Waals surface area (Å²) in [6.45, 7) is 2.63. The number of rotatable bonds is 3. The number of nitrogens with zero attached hydrogens (tertiary/aromatic N) is 3. The smallest absolute Gasteiger partial charge is 0.225 e. The number of aryl methyl sites for hydroxylation is 1. The maximum absolute atomic E-state index is 5.90. The molecule has 0 bridgehead atoms. The van der Waals surface area contributed by atoms with Gasteiger partial charge >= 0.3 is 0 Å². The Morgan fingerprint density at radius 2 is 2.17 bits per heavy atom. The van der Waals surface area contributed by atoms with Crippen LogP contribution in [0.25, 0.3) is 10.2 Å². The van der Waals surface area contributed by atoms with Gasteiger partial charge in [-0.05, 0) is 30.0 Å². The van der Waals surface area contributed by atoms with Gasteiger partial charge in [-0.3, -0.25) is 0 Å². The third-order valence-corrected chi connectivity index (χ3v) is 4.31. The Morgan fingerprint density at radius 1 is 1.28 bits per heavy atom. The van der Waals surface area contributed by atoms with Crippen molar-refractivity contribution < 1.29 is 0 Å². The molecule has 0 radical (unpaired) electrons. The van der Waals surface area contributed by atoms with E-state index in [0.29, 0.717) is 6.54 Å². The SMILES string of the molecule is Cc1csc(CNc2nc(Cl)nc3sccc23)n1. The molecule has 0 aliphatic carbocycles. The summed E-state index contributed by atoms with van der Waals surface area (Å²) in [5.41, 5.74) is 1.04. The van der Waals surface area contributed by atoms with Crippen LogP contribution in [-0.4, -0.2) is 15.0 Å². The first-order chi connectivity index (χ1) is 8.72. The highest BCUT2D eigenvalue weighted by atomic mass is 35.5. The Morgan fingerprint density at radius 3 is 2.94 bits per heavy atom. The molecule has 18 heavy (non-hydrogen) atoms. The van der Waals surface area contributed by atoms with Crippen molar-refractivity contribution in [2.24, 2.45) is 0 Å². The number of nitrogens with one attached hydrogen (secondary N) is 1. The van der Waals surface area contributed by atoms with E-state index in [-0.39, 0.29) is 5.28 Å². The molecule has 0 unspecified atom stereocenters. The third kappa shape index (κ3) is 2.31. The van der Waals surface area contributed by atoms with Crippen LogP contribution in [0.15, 0.2) is 16.8 Å². The highest BCUT2D eigenvalue weighted by Gasteiger charge is 2.08. The molecule has 0 saturated heterocycles. The van der Waals surface area contributed by atoms with Crippen molar-refractivity contribution in [2.75, 3.05) is 5.32 Å². The molecule has 1 N–H and O–H groups in total. The predicted molar refractivity (Wildman–Crippen MR) is 76.6 cm³/mol. The molecule has 3 rings (SSSR count). The Hall–Kier alpha value is -1.24. The number of halogens is 1. The lowest BCUT2D eigenvalue weighted by molar-refractivity contribution is 1.06. The average Bonchev–Trinajstić information content (AvgIpc) is 2.94. The van der Waals surface area contributed by atoms with E-state index in [1.165, 1.54) is 0 Å². The number of aromatic nitrogens is 3. The third-order valence-electron chi connectivity index (χ3n) is 2.37. The molecule has 0 saturated carbocycles. The fourth-order valence-corrected chi connectivity index (χ4v) is 3.30. The van der Waals surface area contributed by atoms with Crippen LogP contribution in [-0.2, 0) is 6.54 Å². The summed E-state index contributed by atoms with van der Waals surface area (Å²) in [6, 6.07) is 1.99. The van der Waals surface area contributed by atoms with Crippen molar-refractivity contribution in [1.29, 1.82) is 0 Å². The van der Waals surface area contributed by atoms with Crippen LogP contribution >= 0.6 is 34.3 Å². The zero-order valence-electron chi connectivity index (χ0n) is 9.48. The fraction of sp³-hybridized carbons (Fsp3) is 0.182. The van der Waals surface area contributed by atoms with Gasteiger partial charge < -0.3 is 5.32 Å². The van der Waals surface area contributed by atoms with E-state index in [0.717, 1.165) is 26.7 Å². The standard InChI is InChI=1S/C11H9ClN4S2/c1-6-5-18-8(14-6)4-13-9-7-2-3-17-10(7)16-11(12)15-9/h2-3,5H,4H2,1H3,(H,13,15,16). The van der Waals surface area contributed by atoms with Crippen molar-refractivity contribution in [3.05, 3.63) is 32.8 Å². The number of hydrogen-bond acceptors (Lipinski definition) is 6. The quantitative estimate of drug-likeness (QED) is 0.748. The van der Waals surface area contributed by atoms with Gasteiger partial charge in [0.2, 0.25) is 5.28 Å². The second kappa shape index (κ2) is 4.79. The summed E-state index contributed by atoms with van der Waals surface area (Å²) < 4.78 is 0. The topological polar surface area (TPSA) is 50.7 Å². The van der Waals surface area contributed by atoms with E-state index < -0.39 is 0 Å². The number of thiazole rings is 1. The molecule has 4 nitrogen and oxygen atoms in total. The highest BCUT2D eigenvalue weighted by molar-refractivity contribution is 7.16. The summed E-state index contributed by atoms with van der Waals surface area (Å²) >= 11 is 9.08. The first-order valence-corrected chi connectivity index (χ1v) is 7.42. The zero-order valence-corrected chi connectivity index (χ0v) is 11.9. The fourth-order valence-electron chi connectivity index (χ4n) is 1.61. The minimum absolute atomic E-state index is 0.266. The molecule has 0 aliphatic rings. The molecule has 0 atom stereocenters. The van der Waals surface area contributed by atoms with E-state index in [1.807, 2.05) is 23.8 Å². The molecular formula is C11H9ClN4S2. The number of thiophene rings is 1. The Labute approximate surface area is 117 Å². The van der Waals surface area contributed by atoms with E-state index in [2.05, 4.69) is 20.3 Å². The lowest BCUT2D eigenvalue weighted by atomic mass is 10.4. The van der Waals surface area contributed by atoms with Crippen LogP contribution in [0, 0.1) is 6.92 Å². The first-order valence-electron chi connectivity index (χ1n) is 5.28. The van der Waals surface area contributed by atoms with Crippen LogP contribution in [0.1, 0.15) is 10.7 Å². The maximum Gasteiger partial charge on any atom is 0.225 e. The predicted octanol–water partition coefficient (Wildman–Crippen LogP) is 3.72. The Kier molecular flexibility index (Phi) is 3.15. The van der Waals surface area contributed by atoms with Crippen molar-refractivity contribution in [3.63, 3.8) is 0 Å². The van der Waals surface area contributed by atoms with Gasteiger partial charge in [0, 0.05) is 11.1 Å². The number of anilines is 1. The van der Waals surface area contributed by atoms with Gasteiger partial charge in [0.15, 0.2) is 0 Å². The van der Waals surface area contributed by atoms with E-state index in [4.69, 9.17) is 11.6 Å². The van der Waals surface area contributed by atoms with Gasteiger partial charge in [-0.15, -0.1) is 22.7 Å². The molecule has 3 aromatic heterocycles. The van der Waals surface area contributed by atoms with Crippen molar-refractivity contribution in [3.8, 4) is 0 Å². The van der Waals surface area contributed by atoms with E-state index >= 15 is 0 Å². The van der Waals surface area contributed by atoms with Crippen LogP contribution < -0.4 is 5.32 Å². The molecule has 7 heteroatoms. The van der Waals surface area contributed by atoms with Crippen LogP contribution in [0.2, 0.25) is 5.28 Å². The monoisotopic (exact) mass is 296 g/mol. The molecule has 0 aromatic carbocycles. The lowest BCUT2D eigenvalue weighted by Crippen LogP contribution is -2.02. The molecule has 0 aliphatic heterocycles. The summed E-state index contributed by atoms with van der Waals surface area (Å²) in [6.07, 6.45) is 0. The summed E-state index contributed by atoms with van der Waals surface area (Å²) in [7, 11) is 0. The Balaban J connectivity index is 1.87. The highest BCUT2D eigenvalue weighted by Crippen LogP contribution is 2.26. The van der Waals surface area contributed by atoms with Crippen molar-refractivity contribution in [2.45, 2.75) is 13.5 Å². The van der Waals surface area contributed by atoms with Crippen molar-refractivity contribution >= 4 is 50.3 Å². The van der Waals surface area contributed by atoms with Gasteiger partial charge in [-0.2, -0.15) is 0 Å². The number of fused-ring (bicyclic) bond motifs is 1. The molecule has 0 spiro atoms. The van der Waals surface area contributed by atoms with Crippen LogP contribution in [0.4, 0.5) is 5.82 Å². The average molecular weight is 297 g/mol. The lowest BCUT2D eigenvalue weighted by Gasteiger charge is -2.04. The zero-order chi connectivity index (χ0) is 12.5. The van der Waals surface area contributed by atoms with Gasteiger partial charge in [0.25, 0.3) is 0 Å². The van der Waals surface area contributed by atoms with Crippen LogP contribution in [0.3, 0.4) is 0 Å². The normalized spacial score (nSPS) is 11.0. The first kappa shape index (κ1) is 11.8. The maximum atomic E-state index is 5.90. The van der Waals surface area contributed by atoms with Crippen LogP contribution in [0.5, 0.6) is 0 Å². The molecular weight excluding hydrogens is 288 g/mol. The van der Waals surface area contributed by atoms with Crippen molar-refractivity contribution in [1.82, 2.24) is 15.0 Å². The van der Waals surface area contributed by atoms with Gasteiger partial charge in [-0.1, -0.05) is 0 Å². The van der Waals surface area contributed by atoms with E-state index in [9.17, 15) is 0 Å². The Bertz CT molecular complexity index is 691. The number of hydrogen-bond donors (Lipinski definition) is 1. The molecule has 0 amide bonds. The molecule has 0 fully saturated rings. The van der Waals surface area contributed by atoms with E-state index in [1.54, 1.807) is 22.7 Å². The van der Waals surface area contributed by atoms with Gasteiger partial charge in [0.1, 0.15) is 15.7 Å². The minimum atomic E-state index is 0.266. The summed E-state index contributed by atoms with van der Waals surface area (Å²) in [4.78, 5) is 13.7. The second-order valence-corrected chi connectivity index (χ2v) is 5.89. The van der Waals surface area contributed by atoms with Gasteiger partial charge in [-0.25, -0.2) is 15.0 Å². The molecule has 3 heterocycles. The summed E-state index contributed by atoms with van der Waals surface area (Å²) in [5, 5.41) is 9.57. The van der Waals surface area contributed by atoms with Gasteiger partial charge in [0.05, 0.1) is 11.9 Å². The molecule has 92 valence electrons.